The van der Waals surface area contributed by atoms with Crippen molar-refractivity contribution in [3.8, 4) is 0 Å². The first-order valence-electron chi connectivity index (χ1n) is 9.40. The maximum absolute atomic E-state index is 12.9. The smallest absolute Gasteiger partial charge is 0.263 e. The van der Waals surface area contributed by atoms with E-state index in [9.17, 15) is 9.59 Å². The number of para-hydroxylation sites is 1. The predicted molar refractivity (Wildman–Crippen MR) is 105 cm³/mol. The van der Waals surface area contributed by atoms with Gasteiger partial charge in [-0.15, -0.1) is 0 Å². The molecule has 26 heavy (non-hydrogen) atoms. The molecular weight excluding hydrogens is 326 g/mol. The van der Waals surface area contributed by atoms with Crippen molar-refractivity contribution in [3.63, 3.8) is 0 Å². The fourth-order valence-electron chi connectivity index (χ4n) is 3.58. The molecule has 1 fully saturated rings. The highest BCUT2D eigenvalue weighted by Gasteiger charge is 2.19. The first-order chi connectivity index (χ1) is 12.6. The number of piperidine rings is 1. The normalized spacial score (nSPS) is 17.1. The fraction of sp³-hybridized carbons (Fsp3) is 0.429. The number of hydrogen-bond donors (Lipinski definition) is 2. The van der Waals surface area contributed by atoms with Crippen molar-refractivity contribution in [3.05, 3.63) is 63.6 Å². The lowest BCUT2D eigenvalue weighted by molar-refractivity contribution is 0.102. The zero-order valence-electron chi connectivity index (χ0n) is 15.5. The Hall–Kier alpha value is -2.40. The van der Waals surface area contributed by atoms with Crippen LogP contribution in [0.3, 0.4) is 0 Å². The van der Waals surface area contributed by atoms with Gasteiger partial charge in [0.15, 0.2) is 0 Å². The summed E-state index contributed by atoms with van der Waals surface area (Å²) in [6.07, 6.45) is 4.87. The second-order valence-corrected chi connectivity index (χ2v) is 7.01. The van der Waals surface area contributed by atoms with Crippen molar-refractivity contribution in [2.24, 2.45) is 5.92 Å². The fourth-order valence-corrected chi connectivity index (χ4v) is 3.58. The maximum Gasteiger partial charge on any atom is 0.263 e. The molecular formula is C21H27N3O2. The number of nitrogens with zero attached hydrogens (tertiary/aromatic N) is 1. The van der Waals surface area contributed by atoms with Gasteiger partial charge in [0, 0.05) is 18.4 Å². The minimum atomic E-state index is -0.329. The molecule has 1 atom stereocenters. The second kappa shape index (κ2) is 8.32. The average Bonchev–Trinajstić information content (AvgIpc) is 2.65. The summed E-state index contributed by atoms with van der Waals surface area (Å²) in [6.45, 7) is 6.48. The Bertz CT molecular complexity index is 835. The molecule has 1 unspecified atom stereocenters. The number of carbonyl (C=O) groups excluding carboxylic acids is 1. The van der Waals surface area contributed by atoms with Crippen LogP contribution >= 0.6 is 0 Å². The van der Waals surface area contributed by atoms with Crippen LogP contribution in [0.1, 0.15) is 41.3 Å². The van der Waals surface area contributed by atoms with Crippen molar-refractivity contribution in [2.45, 2.75) is 39.7 Å². The number of hydrogen-bond acceptors (Lipinski definition) is 3. The van der Waals surface area contributed by atoms with E-state index in [2.05, 4.69) is 10.6 Å². The Kier molecular flexibility index (Phi) is 5.89. The van der Waals surface area contributed by atoms with E-state index < -0.39 is 0 Å². The number of anilines is 1. The molecule has 0 bridgehead atoms. The van der Waals surface area contributed by atoms with Gasteiger partial charge in [0.1, 0.15) is 5.56 Å². The third kappa shape index (κ3) is 4.05. The first-order valence-corrected chi connectivity index (χ1v) is 9.40. The van der Waals surface area contributed by atoms with Crippen molar-refractivity contribution < 1.29 is 4.79 Å². The summed E-state index contributed by atoms with van der Waals surface area (Å²) in [5.41, 5.74) is 2.57. The molecule has 5 heteroatoms. The van der Waals surface area contributed by atoms with Crippen LogP contribution in [-0.2, 0) is 13.0 Å². The number of aromatic nitrogens is 1. The number of amides is 1. The number of aryl methyl sites for hydroxylation is 2. The standard InChI is InChI=1S/C21H27N3O2/c1-3-17-8-4-5-9-18(17)23-20(25)19-15(2)10-12-24(21(19)26)14-16-7-6-11-22-13-16/h4-5,8-10,12,16,22H,3,6-7,11,13-14H2,1-2H3,(H,23,25). The summed E-state index contributed by atoms with van der Waals surface area (Å²) in [7, 11) is 0. The van der Waals surface area contributed by atoms with E-state index in [0.29, 0.717) is 18.0 Å². The van der Waals surface area contributed by atoms with Crippen molar-refractivity contribution in [2.75, 3.05) is 18.4 Å². The molecule has 1 saturated heterocycles. The molecule has 1 aromatic carbocycles. The zero-order chi connectivity index (χ0) is 18.5. The maximum atomic E-state index is 12.9. The van der Waals surface area contributed by atoms with E-state index in [1.54, 1.807) is 4.57 Å². The summed E-state index contributed by atoms with van der Waals surface area (Å²) in [6, 6.07) is 9.57. The van der Waals surface area contributed by atoms with E-state index in [1.165, 1.54) is 0 Å². The SMILES string of the molecule is CCc1ccccc1NC(=O)c1c(C)ccn(CC2CCCNC2)c1=O. The summed E-state index contributed by atoms with van der Waals surface area (Å²) < 4.78 is 1.69. The lowest BCUT2D eigenvalue weighted by Gasteiger charge is -2.23. The summed E-state index contributed by atoms with van der Waals surface area (Å²) in [4.78, 5) is 25.8. The van der Waals surface area contributed by atoms with Gasteiger partial charge in [0.25, 0.3) is 11.5 Å². The van der Waals surface area contributed by atoms with Crippen LogP contribution in [0.4, 0.5) is 5.69 Å². The van der Waals surface area contributed by atoms with Crippen LogP contribution in [0.25, 0.3) is 0 Å². The van der Waals surface area contributed by atoms with Crippen molar-refractivity contribution in [1.82, 2.24) is 9.88 Å². The molecule has 0 aliphatic carbocycles. The lowest BCUT2D eigenvalue weighted by Crippen LogP contribution is -2.36. The molecule has 0 spiro atoms. The molecule has 5 nitrogen and oxygen atoms in total. The van der Waals surface area contributed by atoms with E-state index in [0.717, 1.165) is 43.6 Å². The van der Waals surface area contributed by atoms with Crippen molar-refractivity contribution in [1.29, 1.82) is 0 Å². The van der Waals surface area contributed by atoms with Gasteiger partial charge >= 0.3 is 0 Å². The number of benzene rings is 1. The van der Waals surface area contributed by atoms with Crippen LogP contribution in [0.15, 0.2) is 41.3 Å². The Morgan fingerprint density at radius 2 is 2.12 bits per heavy atom. The quantitative estimate of drug-likeness (QED) is 0.869. The number of nitrogens with one attached hydrogen (secondary N) is 2. The number of carbonyl (C=O) groups is 1. The van der Waals surface area contributed by atoms with Crippen LogP contribution in [0.2, 0.25) is 0 Å². The van der Waals surface area contributed by atoms with Crippen LogP contribution in [-0.4, -0.2) is 23.6 Å². The van der Waals surface area contributed by atoms with Gasteiger partial charge in [-0.1, -0.05) is 25.1 Å². The van der Waals surface area contributed by atoms with E-state index in [1.807, 2.05) is 50.4 Å². The third-order valence-corrected chi connectivity index (χ3v) is 5.10. The van der Waals surface area contributed by atoms with Gasteiger partial charge in [0.05, 0.1) is 0 Å². The number of rotatable bonds is 5. The largest absolute Gasteiger partial charge is 0.322 e. The second-order valence-electron chi connectivity index (χ2n) is 7.01. The Morgan fingerprint density at radius 1 is 1.31 bits per heavy atom. The summed E-state index contributed by atoms with van der Waals surface area (Å²) in [5.74, 6) is 0.102. The van der Waals surface area contributed by atoms with E-state index >= 15 is 0 Å². The summed E-state index contributed by atoms with van der Waals surface area (Å²) >= 11 is 0. The Balaban J connectivity index is 1.85. The number of pyridine rings is 1. The monoisotopic (exact) mass is 353 g/mol. The van der Waals surface area contributed by atoms with Gasteiger partial charge in [-0.2, -0.15) is 0 Å². The average molecular weight is 353 g/mol. The highest BCUT2D eigenvalue weighted by molar-refractivity contribution is 6.05. The lowest BCUT2D eigenvalue weighted by atomic mass is 9.99. The molecule has 0 saturated carbocycles. The van der Waals surface area contributed by atoms with Gasteiger partial charge < -0.3 is 15.2 Å². The van der Waals surface area contributed by atoms with Crippen LogP contribution < -0.4 is 16.2 Å². The molecule has 2 aromatic rings. The molecule has 1 aromatic heterocycles. The molecule has 138 valence electrons. The molecule has 1 amide bonds. The Labute approximate surface area is 154 Å². The third-order valence-electron chi connectivity index (χ3n) is 5.10. The topological polar surface area (TPSA) is 63.1 Å². The molecule has 2 N–H and O–H groups in total. The van der Waals surface area contributed by atoms with Gasteiger partial charge in [-0.05, 0) is 68.5 Å². The first kappa shape index (κ1) is 18.4. The highest BCUT2D eigenvalue weighted by atomic mass is 16.2. The van der Waals surface area contributed by atoms with Gasteiger partial charge in [-0.25, -0.2) is 0 Å². The van der Waals surface area contributed by atoms with E-state index in [4.69, 9.17) is 0 Å². The van der Waals surface area contributed by atoms with Gasteiger partial charge in [0.2, 0.25) is 0 Å². The molecule has 2 heterocycles. The summed E-state index contributed by atoms with van der Waals surface area (Å²) in [5, 5.41) is 6.30. The predicted octanol–water partition coefficient (Wildman–Crippen LogP) is 2.97. The highest BCUT2D eigenvalue weighted by Crippen LogP contribution is 2.17. The minimum Gasteiger partial charge on any atom is -0.322 e. The Morgan fingerprint density at radius 3 is 2.85 bits per heavy atom. The van der Waals surface area contributed by atoms with Crippen LogP contribution in [0.5, 0.6) is 0 Å². The van der Waals surface area contributed by atoms with E-state index in [-0.39, 0.29) is 17.0 Å². The van der Waals surface area contributed by atoms with Gasteiger partial charge in [-0.3, -0.25) is 9.59 Å². The zero-order valence-corrected chi connectivity index (χ0v) is 15.5. The molecule has 1 aliphatic heterocycles. The molecule has 1 aliphatic rings. The molecule has 3 rings (SSSR count). The molecule has 0 radical (unpaired) electrons. The van der Waals surface area contributed by atoms with Crippen molar-refractivity contribution >= 4 is 11.6 Å². The minimum absolute atomic E-state index is 0.206. The van der Waals surface area contributed by atoms with Crippen LogP contribution in [0, 0.1) is 12.8 Å².